The summed E-state index contributed by atoms with van der Waals surface area (Å²) in [4.78, 5) is 34.3. The first kappa shape index (κ1) is 13.0. The van der Waals surface area contributed by atoms with E-state index in [1.807, 2.05) is 0 Å². The lowest BCUT2D eigenvalue weighted by atomic mass is 10.1. The van der Waals surface area contributed by atoms with Crippen LogP contribution in [-0.4, -0.2) is 28.5 Å². The summed E-state index contributed by atoms with van der Waals surface area (Å²) in [5.41, 5.74) is 0.681. The third-order valence-electron chi connectivity index (χ3n) is 3.09. The van der Waals surface area contributed by atoms with Crippen molar-refractivity contribution in [2.75, 3.05) is 11.4 Å². The quantitative estimate of drug-likeness (QED) is 0.655. The van der Waals surface area contributed by atoms with Gasteiger partial charge >= 0.3 is 5.97 Å². The fourth-order valence-corrected chi connectivity index (χ4v) is 2.11. The second-order valence-electron chi connectivity index (χ2n) is 4.49. The summed E-state index contributed by atoms with van der Waals surface area (Å²) in [6.45, 7) is 1.68. The Morgan fingerprint density at radius 2 is 2.21 bits per heavy atom. The van der Waals surface area contributed by atoms with Gasteiger partial charge in [0.05, 0.1) is 10.8 Å². The summed E-state index contributed by atoms with van der Waals surface area (Å²) in [6.07, 6.45) is -0.125. The highest BCUT2D eigenvalue weighted by molar-refractivity contribution is 6.00. The molecule has 1 atom stereocenters. The van der Waals surface area contributed by atoms with Crippen molar-refractivity contribution < 1.29 is 19.6 Å². The van der Waals surface area contributed by atoms with E-state index >= 15 is 0 Å². The first-order chi connectivity index (χ1) is 8.90. The Bertz CT molecular complexity index is 569. The van der Waals surface area contributed by atoms with E-state index in [4.69, 9.17) is 5.11 Å². The minimum Gasteiger partial charge on any atom is -0.481 e. The third kappa shape index (κ3) is 2.40. The number of hydrogen-bond donors (Lipinski definition) is 1. The number of carbonyl (C=O) groups excluding carboxylic acids is 1. The number of nitro groups is 1. The van der Waals surface area contributed by atoms with Gasteiger partial charge in [-0.1, -0.05) is 6.07 Å². The van der Waals surface area contributed by atoms with E-state index < -0.39 is 22.7 Å². The average molecular weight is 264 g/mol. The molecule has 0 aliphatic carbocycles. The van der Waals surface area contributed by atoms with Gasteiger partial charge in [0.2, 0.25) is 5.91 Å². The molecule has 0 radical (unpaired) electrons. The number of aliphatic carboxylic acids is 1. The van der Waals surface area contributed by atoms with Gasteiger partial charge in [-0.3, -0.25) is 19.7 Å². The summed E-state index contributed by atoms with van der Waals surface area (Å²) < 4.78 is 0. The fraction of sp³-hybridized carbons (Fsp3) is 0.333. The molecule has 0 bridgehead atoms. The number of benzene rings is 1. The van der Waals surface area contributed by atoms with E-state index in [1.54, 1.807) is 13.0 Å². The summed E-state index contributed by atoms with van der Waals surface area (Å²) in [5, 5.41) is 19.9. The van der Waals surface area contributed by atoms with E-state index in [0.29, 0.717) is 5.56 Å². The molecule has 7 nitrogen and oxygen atoms in total. The van der Waals surface area contributed by atoms with Crippen LogP contribution in [0.25, 0.3) is 0 Å². The zero-order valence-corrected chi connectivity index (χ0v) is 10.2. The van der Waals surface area contributed by atoms with E-state index in [0.717, 1.165) is 0 Å². The standard InChI is InChI=1S/C12H12N2O5/c1-7-2-3-9(10(4-7)14(18)19)13-6-8(12(16)17)5-11(13)15/h2-4,8H,5-6H2,1H3,(H,16,17). The Balaban J connectivity index is 2.40. The number of carboxylic acid groups (broad SMARTS) is 1. The van der Waals surface area contributed by atoms with Gasteiger partial charge in [0.25, 0.3) is 5.69 Å². The van der Waals surface area contributed by atoms with Crippen LogP contribution in [0.1, 0.15) is 12.0 Å². The molecule has 1 aliphatic rings. The topological polar surface area (TPSA) is 101 Å². The van der Waals surface area contributed by atoms with Crippen LogP contribution in [0.4, 0.5) is 11.4 Å². The molecule has 1 saturated heterocycles. The number of nitro benzene ring substituents is 1. The zero-order valence-electron chi connectivity index (χ0n) is 10.2. The van der Waals surface area contributed by atoms with Crippen LogP contribution in [0.5, 0.6) is 0 Å². The molecule has 1 heterocycles. The first-order valence-corrected chi connectivity index (χ1v) is 5.68. The summed E-state index contributed by atoms with van der Waals surface area (Å²) in [6, 6.07) is 4.51. The monoisotopic (exact) mass is 264 g/mol. The maximum absolute atomic E-state index is 11.8. The molecule has 7 heteroatoms. The number of nitrogens with zero attached hydrogens (tertiary/aromatic N) is 2. The predicted molar refractivity (Wildman–Crippen MR) is 65.9 cm³/mol. The first-order valence-electron chi connectivity index (χ1n) is 5.68. The second kappa shape index (κ2) is 4.68. The van der Waals surface area contributed by atoms with Gasteiger partial charge < -0.3 is 10.0 Å². The highest BCUT2D eigenvalue weighted by Gasteiger charge is 2.37. The number of hydrogen-bond acceptors (Lipinski definition) is 4. The minimum absolute atomic E-state index is 0.0297. The minimum atomic E-state index is -1.06. The van der Waals surface area contributed by atoms with Crippen LogP contribution in [0, 0.1) is 23.0 Å². The molecular weight excluding hydrogens is 252 g/mol. The predicted octanol–water partition coefficient (Wildman–Crippen LogP) is 1.34. The molecular formula is C12H12N2O5. The molecule has 100 valence electrons. The lowest BCUT2D eigenvalue weighted by Crippen LogP contribution is -2.26. The van der Waals surface area contributed by atoms with Crippen LogP contribution in [0.3, 0.4) is 0 Å². The Labute approximate surface area is 108 Å². The summed E-state index contributed by atoms with van der Waals surface area (Å²) >= 11 is 0. The largest absolute Gasteiger partial charge is 0.481 e. The van der Waals surface area contributed by atoms with Gasteiger partial charge in [-0.15, -0.1) is 0 Å². The fourth-order valence-electron chi connectivity index (χ4n) is 2.11. The lowest BCUT2D eigenvalue weighted by molar-refractivity contribution is -0.384. The molecule has 0 spiro atoms. The molecule has 19 heavy (non-hydrogen) atoms. The van der Waals surface area contributed by atoms with Crippen molar-refractivity contribution >= 4 is 23.3 Å². The number of rotatable bonds is 3. The second-order valence-corrected chi connectivity index (χ2v) is 4.49. The van der Waals surface area contributed by atoms with Crippen LogP contribution < -0.4 is 4.90 Å². The number of aryl methyl sites for hydroxylation is 1. The van der Waals surface area contributed by atoms with Crippen LogP contribution in [0.2, 0.25) is 0 Å². The van der Waals surface area contributed by atoms with Crippen LogP contribution >= 0.6 is 0 Å². The SMILES string of the molecule is Cc1ccc(N2CC(C(=O)O)CC2=O)c([N+](=O)[O-])c1. The number of carboxylic acids is 1. The smallest absolute Gasteiger partial charge is 0.308 e. The molecule has 1 N–H and O–H groups in total. The lowest BCUT2D eigenvalue weighted by Gasteiger charge is -2.16. The highest BCUT2D eigenvalue weighted by atomic mass is 16.6. The normalized spacial score (nSPS) is 18.7. The number of amides is 1. The van der Waals surface area contributed by atoms with Crippen molar-refractivity contribution in [1.82, 2.24) is 0 Å². The molecule has 0 aromatic heterocycles. The van der Waals surface area contributed by atoms with Crippen molar-refractivity contribution in [2.24, 2.45) is 5.92 Å². The van der Waals surface area contributed by atoms with Crippen molar-refractivity contribution in [1.29, 1.82) is 0 Å². The van der Waals surface area contributed by atoms with Gasteiger partial charge in [-0.05, 0) is 18.6 Å². The summed E-state index contributed by atoms with van der Waals surface area (Å²) in [5.74, 6) is -2.28. The van der Waals surface area contributed by atoms with Gasteiger partial charge in [0.15, 0.2) is 0 Å². The van der Waals surface area contributed by atoms with E-state index in [1.165, 1.54) is 17.0 Å². The van der Waals surface area contributed by atoms with Crippen LogP contribution in [0.15, 0.2) is 18.2 Å². The molecule has 1 amide bonds. The molecule has 1 aromatic carbocycles. The molecule has 0 saturated carbocycles. The highest BCUT2D eigenvalue weighted by Crippen LogP contribution is 2.33. The van der Waals surface area contributed by atoms with E-state index in [9.17, 15) is 19.7 Å². The number of anilines is 1. The van der Waals surface area contributed by atoms with Crippen LogP contribution in [-0.2, 0) is 9.59 Å². The van der Waals surface area contributed by atoms with Gasteiger partial charge in [0, 0.05) is 19.0 Å². The molecule has 2 rings (SSSR count). The number of carbonyl (C=O) groups is 2. The van der Waals surface area contributed by atoms with Gasteiger partial charge in [-0.2, -0.15) is 0 Å². The van der Waals surface area contributed by atoms with Crippen molar-refractivity contribution in [3.63, 3.8) is 0 Å². The van der Waals surface area contributed by atoms with Gasteiger partial charge in [0.1, 0.15) is 5.69 Å². The summed E-state index contributed by atoms with van der Waals surface area (Å²) in [7, 11) is 0. The zero-order chi connectivity index (χ0) is 14.2. The average Bonchev–Trinajstić information content (AvgIpc) is 2.71. The van der Waals surface area contributed by atoms with Crippen molar-refractivity contribution in [3.05, 3.63) is 33.9 Å². The Kier molecular flexibility index (Phi) is 3.20. The maximum Gasteiger partial charge on any atom is 0.308 e. The Hall–Kier alpha value is -2.44. The van der Waals surface area contributed by atoms with Crippen molar-refractivity contribution in [3.8, 4) is 0 Å². The molecule has 1 aliphatic heterocycles. The Morgan fingerprint density at radius 1 is 1.53 bits per heavy atom. The maximum atomic E-state index is 11.8. The third-order valence-corrected chi connectivity index (χ3v) is 3.09. The van der Waals surface area contributed by atoms with E-state index in [-0.39, 0.29) is 24.3 Å². The van der Waals surface area contributed by atoms with E-state index in [2.05, 4.69) is 0 Å². The molecule has 1 unspecified atom stereocenters. The van der Waals surface area contributed by atoms with Gasteiger partial charge in [-0.25, -0.2) is 0 Å². The molecule has 1 aromatic rings. The molecule has 1 fully saturated rings. The Morgan fingerprint density at radius 3 is 2.74 bits per heavy atom. The van der Waals surface area contributed by atoms with Crippen molar-refractivity contribution in [2.45, 2.75) is 13.3 Å².